The van der Waals surface area contributed by atoms with Gasteiger partial charge in [-0.15, -0.1) is 0 Å². The molecule has 0 unspecified atom stereocenters. The molecule has 0 saturated carbocycles. The number of ether oxygens (including phenoxy) is 2. The first-order valence-corrected chi connectivity index (χ1v) is 8.28. The number of rotatable bonds is 5. The monoisotopic (exact) mass is 343 g/mol. The molecule has 2 rings (SSSR count). The zero-order valence-electron chi connectivity index (χ0n) is 12.7. The topological polar surface area (TPSA) is 110 Å². The van der Waals surface area contributed by atoms with E-state index < -0.39 is 28.0 Å². The maximum atomic E-state index is 12.7. The summed E-state index contributed by atoms with van der Waals surface area (Å²) in [5.74, 6) is -1.85. The number of carboxylic acid groups (broad SMARTS) is 1. The number of aliphatic carboxylic acids is 1. The second kappa shape index (κ2) is 6.55. The van der Waals surface area contributed by atoms with Crippen molar-refractivity contribution in [1.82, 2.24) is 4.31 Å². The molecular weight excluding hydrogens is 326 g/mol. The minimum absolute atomic E-state index is 0.0380. The van der Waals surface area contributed by atoms with Crippen LogP contribution < -0.4 is 4.74 Å². The zero-order chi connectivity index (χ0) is 17.2. The number of sulfonamides is 1. The standard InChI is InChI=1S/C14H17NO7S/c1-21-11-8-9(14(18)22-2)5-6-12(11)23(19,20)15-7-3-4-10(15)13(16)17/h5-6,8,10H,3-4,7H2,1-2H3,(H,16,17)/t10-/m0/s1. The molecule has 1 fully saturated rings. The van der Waals surface area contributed by atoms with Gasteiger partial charge in [-0.2, -0.15) is 4.31 Å². The number of carboxylic acids is 1. The van der Waals surface area contributed by atoms with Gasteiger partial charge in [-0.25, -0.2) is 13.2 Å². The van der Waals surface area contributed by atoms with Gasteiger partial charge in [0, 0.05) is 6.54 Å². The lowest BCUT2D eigenvalue weighted by atomic mass is 10.2. The Morgan fingerprint density at radius 3 is 2.57 bits per heavy atom. The van der Waals surface area contributed by atoms with E-state index in [0.29, 0.717) is 6.42 Å². The summed E-state index contributed by atoms with van der Waals surface area (Å²) in [7, 11) is -1.57. The predicted molar refractivity (Wildman–Crippen MR) is 78.9 cm³/mol. The first kappa shape index (κ1) is 17.2. The molecule has 126 valence electrons. The lowest BCUT2D eigenvalue weighted by Crippen LogP contribution is -2.40. The molecule has 1 atom stereocenters. The van der Waals surface area contributed by atoms with Gasteiger partial charge in [0.1, 0.15) is 16.7 Å². The van der Waals surface area contributed by atoms with E-state index >= 15 is 0 Å². The second-order valence-electron chi connectivity index (χ2n) is 4.97. The molecule has 23 heavy (non-hydrogen) atoms. The van der Waals surface area contributed by atoms with Crippen molar-refractivity contribution in [1.29, 1.82) is 0 Å². The van der Waals surface area contributed by atoms with Crippen molar-refractivity contribution >= 4 is 22.0 Å². The molecule has 8 nitrogen and oxygen atoms in total. The van der Waals surface area contributed by atoms with E-state index in [9.17, 15) is 23.1 Å². The fourth-order valence-corrected chi connectivity index (χ4v) is 4.32. The molecule has 1 aliphatic heterocycles. The first-order chi connectivity index (χ1) is 10.8. The third-order valence-corrected chi connectivity index (χ3v) is 5.61. The van der Waals surface area contributed by atoms with Crippen LogP contribution in [0.3, 0.4) is 0 Å². The van der Waals surface area contributed by atoms with Crippen LogP contribution in [0.2, 0.25) is 0 Å². The average Bonchev–Trinajstić information content (AvgIpc) is 3.04. The Morgan fingerprint density at radius 2 is 2.00 bits per heavy atom. The minimum Gasteiger partial charge on any atom is -0.495 e. The number of hydrogen-bond donors (Lipinski definition) is 1. The van der Waals surface area contributed by atoms with Gasteiger partial charge in [-0.3, -0.25) is 4.79 Å². The van der Waals surface area contributed by atoms with Crippen molar-refractivity contribution in [3.05, 3.63) is 23.8 Å². The summed E-state index contributed by atoms with van der Waals surface area (Å²) in [6, 6.07) is 2.68. The van der Waals surface area contributed by atoms with E-state index in [1.54, 1.807) is 0 Å². The molecule has 1 saturated heterocycles. The smallest absolute Gasteiger partial charge is 0.337 e. The lowest BCUT2D eigenvalue weighted by molar-refractivity contribution is -0.140. The van der Waals surface area contributed by atoms with Crippen LogP contribution in [0.25, 0.3) is 0 Å². The van der Waals surface area contributed by atoms with Gasteiger partial charge in [-0.1, -0.05) is 0 Å². The van der Waals surface area contributed by atoms with Crippen LogP contribution in [0, 0.1) is 0 Å². The van der Waals surface area contributed by atoms with Crippen LogP contribution in [0.15, 0.2) is 23.1 Å². The quantitative estimate of drug-likeness (QED) is 0.784. The summed E-state index contributed by atoms with van der Waals surface area (Å²) in [6.07, 6.45) is 0.732. The molecule has 9 heteroatoms. The second-order valence-corrected chi connectivity index (χ2v) is 6.83. The summed E-state index contributed by atoms with van der Waals surface area (Å²) < 4.78 is 36.1. The van der Waals surface area contributed by atoms with Crippen molar-refractivity contribution in [2.45, 2.75) is 23.8 Å². The maximum absolute atomic E-state index is 12.7. The Hall–Kier alpha value is -2.13. The van der Waals surface area contributed by atoms with Crippen LogP contribution in [-0.2, 0) is 19.6 Å². The molecule has 0 amide bonds. The summed E-state index contributed by atoms with van der Waals surface area (Å²) in [4.78, 5) is 22.6. The molecule has 1 N–H and O–H groups in total. The molecule has 0 radical (unpaired) electrons. The van der Waals surface area contributed by atoms with Crippen LogP contribution >= 0.6 is 0 Å². The number of benzene rings is 1. The Morgan fingerprint density at radius 1 is 1.30 bits per heavy atom. The van der Waals surface area contributed by atoms with Crippen molar-refractivity contribution in [3.8, 4) is 5.75 Å². The maximum Gasteiger partial charge on any atom is 0.337 e. The molecule has 0 bridgehead atoms. The van der Waals surface area contributed by atoms with Gasteiger partial charge < -0.3 is 14.6 Å². The van der Waals surface area contributed by atoms with Gasteiger partial charge in [0.15, 0.2) is 0 Å². The number of esters is 1. The molecule has 0 spiro atoms. The van der Waals surface area contributed by atoms with E-state index in [1.165, 1.54) is 32.4 Å². The highest BCUT2D eigenvalue weighted by molar-refractivity contribution is 7.89. The van der Waals surface area contributed by atoms with Crippen molar-refractivity contribution in [2.75, 3.05) is 20.8 Å². The lowest BCUT2D eigenvalue weighted by Gasteiger charge is -2.22. The molecule has 1 heterocycles. The summed E-state index contributed by atoms with van der Waals surface area (Å²) in [5.41, 5.74) is 0.138. The zero-order valence-corrected chi connectivity index (χ0v) is 13.5. The molecular formula is C14H17NO7S. The van der Waals surface area contributed by atoms with Crippen LogP contribution in [-0.4, -0.2) is 56.6 Å². The summed E-state index contributed by atoms with van der Waals surface area (Å²) in [6.45, 7) is 0.126. The fraction of sp³-hybridized carbons (Fsp3) is 0.429. The Balaban J connectivity index is 2.47. The molecule has 0 aliphatic carbocycles. The third kappa shape index (κ3) is 3.15. The van der Waals surface area contributed by atoms with Gasteiger partial charge in [-0.05, 0) is 31.0 Å². The molecule has 1 aromatic carbocycles. The van der Waals surface area contributed by atoms with Crippen LogP contribution in [0.5, 0.6) is 5.75 Å². The van der Waals surface area contributed by atoms with E-state index in [4.69, 9.17) is 4.74 Å². The fourth-order valence-electron chi connectivity index (χ4n) is 2.53. The summed E-state index contributed by atoms with van der Waals surface area (Å²) >= 11 is 0. The van der Waals surface area contributed by atoms with Gasteiger partial charge >= 0.3 is 11.9 Å². The van der Waals surface area contributed by atoms with Crippen LogP contribution in [0.4, 0.5) is 0 Å². The molecule has 1 aliphatic rings. The number of hydrogen-bond acceptors (Lipinski definition) is 6. The normalized spacial score (nSPS) is 18.6. The Bertz CT molecular complexity index is 729. The van der Waals surface area contributed by atoms with Gasteiger partial charge in [0.25, 0.3) is 0 Å². The minimum atomic E-state index is -4.05. The van der Waals surface area contributed by atoms with Crippen molar-refractivity contribution < 1.29 is 32.6 Å². The van der Waals surface area contributed by atoms with E-state index in [2.05, 4.69) is 4.74 Å². The largest absolute Gasteiger partial charge is 0.495 e. The van der Waals surface area contributed by atoms with Crippen molar-refractivity contribution in [3.63, 3.8) is 0 Å². The molecule has 0 aromatic heterocycles. The predicted octanol–water partition coefficient (Wildman–Crippen LogP) is 0.719. The highest BCUT2D eigenvalue weighted by Crippen LogP contribution is 2.32. The van der Waals surface area contributed by atoms with Crippen molar-refractivity contribution in [2.24, 2.45) is 0 Å². The highest BCUT2D eigenvalue weighted by atomic mass is 32.2. The Labute approximate surface area is 133 Å². The van der Waals surface area contributed by atoms with Crippen LogP contribution in [0.1, 0.15) is 23.2 Å². The average molecular weight is 343 g/mol. The number of carbonyl (C=O) groups excluding carboxylic acids is 1. The van der Waals surface area contributed by atoms with E-state index in [-0.39, 0.29) is 29.2 Å². The van der Waals surface area contributed by atoms with Gasteiger partial charge in [0.05, 0.1) is 19.8 Å². The van der Waals surface area contributed by atoms with Gasteiger partial charge in [0.2, 0.25) is 10.0 Å². The summed E-state index contributed by atoms with van der Waals surface area (Å²) in [5, 5.41) is 9.17. The third-order valence-electron chi connectivity index (χ3n) is 3.66. The van der Waals surface area contributed by atoms with E-state index in [0.717, 1.165) is 4.31 Å². The number of nitrogens with zero attached hydrogens (tertiary/aromatic N) is 1. The number of methoxy groups -OCH3 is 2. The number of carbonyl (C=O) groups is 2. The Kier molecular flexibility index (Phi) is 4.90. The van der Waals surface area contributed by atoms with E-state index in [1.807, 2.05) is 0 Å². The highest BCUT2D eigenvalue weighted by Gasteiger charge is 2.40. The first-order valence-electron chi connectivity index (χ1n) is 6.84. The molecule has 1 aromatic rings. The SMILES string of the molecule is COC(=O)c1ccc(S(=O)(=O)N2CCC[C@H]2C(=O)O)c(OC)c1.